The first-order valence-corrected chi connectivity index (χ1v) is 23.3. The van der Waals surface area contributed by atoms with Crippen molar-refractivity contribution in [3.8, 4) is 11.1 Å². The Balaban J connectivity index is 0.000000182. The fourth-order valence-corrected chi connectivity index (χ4v) is 18.3. The second kappa shape index (κ2) is 16.4. The number of nitrogens with one attached hydrogen (secondary N) is 1. The predicted octanol–water partition coefficient (Wildman–Crippen LogP) is 9.46. The van der Waals surface area contributed by atoms with Crippen molar-refractivity contribution >= 4 is 34.7 Å². The normalized spacial score (nSPS) is 33.8. The van der Waals surface area contributed by atoms with E-state index in [0.29, 0.717) is 16.6 Å². The molecule has 3 aromatic carbocycles. The molecule has 3 aromatic rings. The number of nitrogens with zero attached hydrogens (tertiary/aromatic N) is 1. The molecule has 12 rings (SSSR count). The molecule has 9 aliphatic rings. The van der Waals surface area contributed by atoms with Gasteiger partial charge >= 0.3 is 0 Å². The van der Waals surface area contributed by atoms with Gasteiger partial charge in [-0.25, -0.2) is 0 Å². The molecule has 2 N–H and O–H groups in total. The van der Waals surface area contributed by atoms with Gasteiger partial charge in [-0.15, -0.1) is 0 Å². The number of ether oxygens (including phenoxy) is 1. The van der Waals surface area contributed by atoms with E-state index in [1.165, 1.54) is 16.8 Å². The van der Waals surface area contributed by atoms with Gasteiger partial charge in [0.25, 0.3) is 10.1 Å². The molecule has 53 heavy (non-hydrogen) atoms. The molecule has 9 fully saturated rings. The summed E-state index contributed by atoms with van der Waals surface area (Å²) in [5, 5.41) is 6.37. The summed E-state index contributed by atoms with van der Waals surface area (Å²) in [7, 11) is -1.85. The van der Waals surface area contributed by atoms with Crippen molar-refractivity contribution in [3.63, 3.8) is 0 Å². The second-order valence-corrected chi connectivity index (χ2v) is 22.1. The van der Waals surface area contributed by atoms with Crippen LogP contribution >= 0.6 is 7.92 Å². The Morgan fingerprint density at radius 3 is 1.57 bits per heavy atom. The minimum atomic E-state index is -3.67. The number of para-hydroxylation sites is 2. The standard InChI is InChI=1S/C30H42NOP.C13H13N.CH4O3S.Pd/c1-2-4-28(27(3-1)31-5-7-32-8-6-31)33(29-15-21-9-22(16-29)11-23(10-21)17-29)30-18-24-12-25(19-30)14-26(13-24)20-30;1-14-13-10-6-5-9-12(13)11-7-3-2-4-8-11;1-5(2,3)4;/h1-4,21-26H,5-20H2;2-10,14H,1H3;1H3,(H,2,3,4);. The van der Waals surface area contributed by atoms with Crippen molar-refractivity contribution in [1.29, 1.82) is 0 Å². The fraction of sp³-hybridized carbons (Fsp3) is 0.591. The van der Waals surface area contributed by atoms with Gasteiger partial charge < -0.3 is 15.0 Å². The second-order valence-electron chi connectivity index (χ2n) is 17.6. The van der Waals surface area contributed by atoms with E-state index in [1.807, 2.05) is 24.5 Å². The molecule has 0 radical (unpaired) electrons. The van der Waals surface area contributed by atoms with Crippen LogP contribution in [0.2, 0.25) is 0 Å². The van der Waals surface area contributed by atoms with E-state index in [2.05, 4.69) is 76.9 Å². The molecule has 0 spiro atoms. The summed E-state index contributed by atoms with van der Waals surface area (Å²) in [6.07, 6.45) is 19.7. The summed E-state index contributed by atoms with van der Waals surface area (Å²) in [4.78, 5) is 2.72. The smallest absolute Gasteiger partial charge is 0.261 e. The number of rotatable bonds is 6. The average Bonchev–Trinajstić information content (AvgIpc) is 3.11. The molecule has 0 atom stereocenters. The molecule has 0 amide bonds. The maximum absolute atomic E-state index is 9.19. The van der Waals surface area contributed by atoms with Crippen molar-refractivity contribution in [1.82, 2.24) is 0 Å². The summed E-state index contributed by atoms with van der Waals surface area (Å²) in [6.45, 7) is 3.98. The molecule has 1 heterocycles. The van der Waals surface area contributed by atoms with Crippen LogP contribution in [-0.2, 0) is 35.3 Å². The number of hydrogen-bond acceptors (Lipinski definition) is 5. The van der Waals surface area contributed by atoms with Crippen LogP contribution in [0.25, 0.3) is 11.1 Å². The van der Waals surface area contributed by atoms with Crippen LogP contribution in [0.5, 0.6) is 0 Å². The summed E-state index contributed by atoms with van der Waals surface area (Å²) in [6, 6.07) is 28.6. The van der Waals surface area contributed by atoms with E-state index in [0.717, 1.165) is 61.8 Å². The number of benzene rings is 3. The summed E-state index contributed by atoms with van der Waals surface area (Å²) >= 11 is 0. The molecule has 8 aliphatic carbocycles. The predicted molar refractivity (Wildman–Crippen MR) is 217 cm³/mol. The Labute approximate surface area is 333 Å². The van der Waals surface area contributed by atoms with Gasteiger partial charge in [-0.1, -0.05) is 74.7 Å². The van der Waals surface area contributed by atoms with E-state index in [9.17, 15) is 8.42 Å². The molecule has 9 heteroatoms. The van der Waals surface area contributed by atoms with Crippen LogP contribution in [0.1, 0.15) is 77.0 Å². The minimum Gasteiger partial charge on any atom is -0.388 e. The summed E-state index contributed by atoms with van der Waals surface area (Å²) in [5.41, 5.74) is 5.28. The van der Waals surface area contributed by atoms with Gasteiger partial charge in [-0.2, -0.15) is 8.42 Å². The SMILES string of the molecule is CNc1ccccc1-c1ccccc1.CS(=O)(=O)O.[Pd].c1ccc(P(C23CC4CC(CC(C4)C2)C3)C23CC4CC(CC(C4)C2)C3)c(N2CCOCC2)c1. The first-order chi connectivity index (χ1) is 25.1. The Morgan fingerprint density at radius 1 is 0.679 bits per heavy atom. The molecule has 8 bridgehead atoms. The van der Waals surface area contributed by atoms with E-state index >= 15 is 0 Å². The Bertz CT molecular complexity index is 1680. The van der Waals surface area contributed by atoms with Crippen molar-refractivity contribution in [3.05, 3.63) is 78.9 Å². The van der Waals surface area contributed by atoms with Crippen LogP contribution < -0.4 is 15.5 Å². The molecule has 1 aliphatic heterocycles. The van der Waals surface area contributed by atoms with E-state index in [1.54, 1.807) is 82.7 Å². The molecule has 8 saturated carbocycles. The van der Waals surface area contributed by atoms with Crippen molar-refractivity contribution < 1.29 is 38.1 Å². The van der Waals surface area contributed by atoms with Gasteiger partial charge in [0.05, 0.1) is 19.5 Å². The van der Waals surface area contributed by atoms with Gasteiger partial charge in [-0.3, -0.25) is 4.55 Å². The molecule has 1 saturated heterocycles. The zero-order chi connectivity index (χ0) is 35.9. The molecular weight excluding hydrogens is 790 g/mol. The molecule has 0 aromatic heterocycles. The summed E-state index contributed by atoms with van der Waals surface area (Å²) < 4.78 is 31.7. The third-order valence-corrected chi connectivity index (χ3v) is 17.6. The first kappa shape index (κ1) is 39.5. The van der Waals surface area contributed by atoms with Gasteiger partial charge in [0, 0.05) is 62.8 Å². The van der Waals surface area contributed by atoms with Crippen LogP contribution in [0.4, 0.5) is 11.4 Å². The zero-order valence-electron chi connectivity index (χ0n) is 31.6. The van der Waals surface area contributed by atoms with Crippen LogP contribution in [0.15, 0.2) is 78.9 Å². The Hall–Kier alpha value is -1.78. The molecular formula is C44H59N2O4PPdS. The Morgan fingerprint density at radius 2 is 1.09 bits per heavy atom. The van der Waals surface area contributed by atoms with Gasteiger partial charge in [0.2, 0.25) is 0 Å². The molecule has 0 unspecified atom stereocenters. The van der Waals surface area contributed by atoms with Crippen LogP contribution in [0.3, 0.4) is 0 Å². The third kappa shape index (κ3) is 8.65. The summed E-state index contributed by atoms with van der Waals surface area (Å²) in [5.74, 6) is 6.37. The van der Waals surface area contributed by atoms with Gasteiger partial charge in [0.1, 0.15) is 0 Å². The van der Waals surface area contributed by atoms with E-state index < -0.39 is 10.1 Å². The quantitative estimate of drug-likeness (QED) is 0.146. The maximum atomic E-state index is 9.19. The maximum Gasteiger partial charge on any atom is 0.261 e. The van der Waals surface area contributed by atoms with E-state index in [-0.39, 0.29) is 28.3 Å². The topological polar surface area (TPSA) is 78.9 Å². The third-order valence-electron chi connectivity index (χ3n) is 13.7. The Kier molecular flexibility index (Phi) is 12.2. The van der Waals surface area contributed by atoms with Crippen molar-refractivity contribution in [2.45, 2.75) is 87.4 Å². The van der Waals surface area contributed by atoms with Crippen LogP contribution in [-0.4, -0.2) is 62.9 Å². The van der Waals surface area contributed by atoms with Gasteiger partial charge in [0.15, 0.2) is 0 Å². The number of anilines is 2. The monoisotopic (exact) mass is 848 g/mol. The fourth-order valence-electron chi connectivity index (χ4n) is 13.0. The van der Waals surface area contributed by atoms with E-state index in [4.69, 9.17) is 9.29 Å². The zero-order valence-corrected chi connectivity index (χ0v) is 34.8. The van der Waals surface area contributed by atoms with Crippen molar-refractivity contribution in [2.75, 3.05) is 49.8 Å². The molecule has 6 nitrogen and oxygen atoms in total. The van der Waals surface area contributed by atoms with Gasteiger partial charge in [-0.05, 0) is 141 Å². The number of morpholine rings is 1. The average molecular weight is 849 g/mol. The first-order valence-electron chi connectivity index (χ1n) is 20.1. The molecule has 290 valence electrons. The largest absolute Gasteiger partial charge is 0.388 e. The van der Waals surface area contributed by atoms with Crippen molar-refractivity contribution in [2.24, 2.45) is 35.5 Å². The minimum absolute atomic E-state index is 0. The van der Waals surface area contributed by atoms with Crippen LogP contribution in [0, 0.1) is 35.5 Å². The number of hydrogen-bond donors (Lipinski definition) is 2.